The molecular weight excluding hydrogens is 454 g/mol. The van der Waals surface area contributed by atoms with Crippen molar-refractivity contribution >= 4 is 38.8 Å². The molecule has 1 aliphatic rings. The summed E-state index contributed by atoms with van der Waals surface area (Å²) in [5.74, 6) is 0.896. The molecule has 9 nitrogen and oxygen atoms in total. The Morgan fingerprint density at radius 3 is 2.47 bits per heavy atom. The van der Waals surface area contributed by atoms with Gasteiger partial charge in [0.2, 0.25) is 15.9 Å². The summed E-state index contributed by atoms with van der Waals surface area (Å²) in [6.45, 7) is 1.07. The minimum Gasteiger partial charge on any atom is -0.493 e. The summed E-state index contributed by atoms with van der Waals surface area (Å²) in [5, 5.41) is 0.439. The van der Waals surface area contributed by atoms with E-state index in [-0.39, 0.29) is 29.6 Å². The number of ether oxygens (including phenoxy) is 2. The Morgan fingerprint density at radius 1 is 1.06 bits per heavy atom. The number of fused-ring (bicyclic) bond motifs is 1. The van der Waals surface area contributed by atoms with E-state index in [0.717, 1.165) is 5.52 Å². The van der Waals surface area contributed by atoms with Crippen molar-refractivity contribution in [3.05, 3.63) is 42.5 Å². The van der Waals surface area contributed by atoms with E-state index in [1.807, 2.05) is 24.3 Å². The molecule has 1 aliphatic heterocycles. The Kier molecular flexibility index (Phi) is 6.58. The van der Waals surface area contributed by atoms with Crippen molar-refractivity contribution in [2.24, 2.45) is 0 Å². The van der Waals surface area contributed by atoms with Gasteiger partial charge in [-0.1, -0.05) is 23.9 Å². The second kappa shape index (κ2) is 9.39. The predicted octanol–water partition coefficient (Wildman–Crippen LogP) is 2.47. The molecule has 0 bridgehead atoms. The van der Waals surface area contributed by atoms with Gasteiger partial charge in [-0.25, -0.2) is 13.4 Å². The van der Waals surface area contributed by atoms with Gasteiger partial charge in [0, 0.05) is 32.2 Å². The number of benzene rings is 2. The Balaban J connectivity index is 1.35. The molecule has 0 unspecified atom stereocenters. The van der Waals surface area contributed by atoms with Crippen LogP contribution in [-0.2, 0) is 14.8 Å². The van der Waals surface area contributed by atoms with E-state index >= 15 is 0 Å². The van der Waals surface area contributed by atoms with Gasteiger partial charge in [-0.05, 0) is 24.3 Å². The monoisotopic (exact) mass is 477 g/mol. The summed E-state index contributed by atoms with van der Waals surface area (Å²) in [7, 11) is -0.762. The van der Waals surface area contributed by atoms with Crippen LogP contribution in [0, 0.1) is 0 Å². The molecule has 0 saturated carbocycles. The number of para-hydroxylation sites is 2. The van der Waals surface area contributed by atoms with Gasteiger partial charge in [-0.2, -0.15) is 4.31 Å². The number of methoxy groups -OCH3 is 2. The van der Waals surface area contributed by atoms with Crippen molar-refractivity contribution < 1.29 is 27.1 Å². The molecule has 0 N–H and O–H groups in total. The fraction of sp³-hybridized carbons (Fsp3) is 0.333. The molecule has 1 amide bonds. The van der Waals surface area contributed by atoms with E-state index in [0.29, 0.717) is 35.4 Å². The Morgan fingerprint density at radius 2 is 1.78 bits per heavy atom. The van der Waals surface area contributed by atoms with E-state index in [1.54, 1.807) is 11.0 Å². The quantitative estimate of drug-likeness (QED) is 0.478. The number of piperazine rings is 1. The van der Waals surface area contributed by atoms with Crippen LogP contribution in [0.5, 0.6) is 11.5 Å². The summed E-state index contributed by atoms with van der Waals surface area (Å²) < 4.78 is 43.5. The van der Waals surface area contributed by atoms with Crippen molar-refractivity contribution in [3.63, 3.8) is 0 Å². The molecule has 0 spiro atoms. The Labute approximate surface area is 190 Å². The van der Waals surface area contributed by atoms with Crippen LogP contribution < -0.4 is 9.47 Å². The minimum absolute atomic E-state index is 0.0829. The summed E-state index contributed by atoms with van der Waals surface area (Å²) in [6.07, 6.45) is 0. The zero-order chi connectivity index (χ0) is 22.7. The number of hydrogen-bond donors (Lipinski definition) is 0. The third-order valence-electron chi connectivity index (χ3n) is 5.18. The van der Waals surface area contributed by atoms with Crippen LogP contribution in [0.3, 0.4) is 0 Å². The summed E-state index contributed by atoms with van der Waals surface area (Å²) in [6, 6.07) is 11.9. The van der Waals surface area contributed by atoms with Gasteiger partial charge >= 0.3 is 0 Å². The number of carbonyl (C=O) groups is 1. The molecule has 1 aromatic heterocycles. The van der Waals surface area contributed by atoms with E-state index in [1.165, 1.54) is 42.4 Å². The van der Waals surface area contributed by atoms with E-state index in [4.69, 9.17) is 13.9 Å². The fourth-order valence-corrected chi connectivity index (χ4v) is 5.61. The zero-order valence-electron chi connectivity index (χ0n) is 17.7. The highest BCUT2D eigenvalue weighted by Gasteiger charge is 2.31. The second-order valence-electron chi connectivity index (χ2n) is 7.04. The van der Waals surface area contributed by atoms with Gasteiger partial charge in [-0.15, -0.1) is 0 Å². The average Bonchev–Trinajstić information content (AvgIpc) is 3.25. The van der Waals surface area contributed by atoms with Crippen molar-refractivity contribution in [3.8, 4) is 11.5 Å². The van der Waals surface area contributed by atoms with Gasteiger partial charge in [0.1, 0.15) is 5.52 Å². The van der Waals surface area contributed by atoms with Crippen LogP contribution in [0.1, 0.15) is 0 Å². The number of sulfonamides is 1. The molecule has 1 saturated heterocycles. The third kappa shape index (κ3) is 4.54. The highest BCUT2D eigenvalue weighted by atomic mass is 32.2. The molecule has 0 atom stereocenters. The molecule has 2 aromatic carbocycles. The molecule has 32 heavy (non-hydrogen) atoms. The molecule has 1 fully saturated rings. The number of rotatable bonds is 7. The molecule has 170 valence electrons. The predicted molar refractivity (Wildman–Crippen MR) is 120 cm³/mol. The normalized spacial score (nSPS) is 15.1. The number of hydrogen-bond acceptors (Lipinski definition) is 8. The standard InChI is InChI=1S/C21H23N3O6S2/c1-28-18-8-7-15(13-19(18)29-2)32(26,27)24-11-9-23(10-12-24)20(25)14-31-21-22-16-5-3-4-6-17(16)30-21/h3-8,13H,9-12,14H2,1-2H3. The van der Waals surface area contributed by atoms with E-state index in [9.17, 15) is 13.2 Å². The van der Waals surface area contributed by atoms with E-state index in [2.05, 4.69) is 4.98 Å². The summed E-state index contributed by atoms with van der Waals surface area (Å²) in [4.78, 5) is 18.7. The van der Waals surface area contributed by atoms with Crippen LogP contribution in [0.4, 0.5) is 0 Å². The molecule has 0 radical (unpaired) electrons. The lowest BCUT2D eigenvalue weighted by atomic mass is 10.3. The van der Waals surface area contributed by atoms with Crippen molar-refractivity contribution in [1.82, 2.24) is 14.2 Å². The van der Waals surface area contributed by atoms with Crippen molar-refractivity contribution in [2.75, 3.05) is 46.2 Å². The molecular formula is C21H23N3O6S2. The lowest BCUT2D eigenvalue weighted by Gasteiger charge is -2.34. The van der Waals surface area contributed by atoms with Crippen molar-refractivity contribution in [1.29, 1.82) is 0 Å². The smallest absolute Gasteiger partial charge is 0.257 e. The maximum Gasteiger partial charge on any atom is 0.257 e. The maximum absolute atomic E-state index is 13.0. The highest BCUT2D eigenvalue weighted by Crippen LogP contribution is 2.31. The van der Waals surface area contributed by atoms with Gasteiger partial charge < -0.3 is 18.8 Å². The van der Waals surface area contributed by atoms with Gasteiger partial charge in [0.15, 0.2) is 17.1 Å². The lowest BCUT2D eigenvalue weighted by molar-refractivity contribution is -0.129. The first-order valence-electron chi connectivity index (χ1n) is 9.90. The van der Waals surface area contributed by atoms with Crippen LogP contribution in [0.15, 0.2) is 57.0 Å². The first-order valence-corrected chi connectivity index (χ1v) is 12.3. The molecule has 3 aromatic rings. The van der Waals surface area contributed by atoms with Crippen LogP contribution in [0.2, 0.25) is 0 Å². The third-order valence-corrected chi connectivity index (χ3v) is 7.89. The van der Waals surface area contributed by atoms with Gasteiger partial charge in [0.25, 0.3) is 5.22 Å². The summed E-state index contributed by atoms with van der Waals surface area (Å²) >= 11 is 1.23. The number of aromatic nitrogens is 1. The zero-order valence-corrected chi connectivity index (χ0v) is 19.3. The van der Waals surface area contributed by atoms with Gasteiger partial charge in [-0.3, -0.25) is 4.79 Å². The molecule has 11 heteroatoms. The molecule has 4 rings (SSSR count). The lowest BCUT2D eigenvalue weighted by Crippen LogP contribution is -2.50. The first-order chi connectivity index (χ1) is 15.4. The maximum atomic E-state index is 13.0. The number of oxazole rings is 1. The van der Waals surface area contributed by atoms with Gasteiger partial charge in [0.05, 0.1) is 24.9 Å². The topological polar surface area (TPSA) is 102 Å². The highest BCUT2D eigenvalue weighted by molar-refractivity contribution is 7.99. The Hall–Kier alpha value is -2.76. The van der Waals surface area contributed by atoms with Crippen molar-refractivity contribution in [2.45, 2.75) is 10.1 Å². The SMILES string of the molecule is COc1ccc(S(=O)(=O)N2CCN(C(=O)CSc3nc4ccccc4o3)CC2)cc1OC. The first kappa shape index (κ1) is 22.4. The van der Waals surface area contributed by atoms with E-state index < -0.39 is 10.0 Å². The average molecular weight is 478 g/mol. The largest absolute Gasteiger partial charge is 0.493 e. The number of thioether (sulfide) groups is 1. The second-order valence-corrected chi connectivity index (χ2v) is 9.90. The number of amides is 1. The number of nitrogens with zero attached hydrogens (tertiary/aromatic N) is 3. The molecule has 0 aliphatic carbocycles. The van der Waals surface area contributed by atoms with Crippen LogP contribution in [0.25, 0.3) is 11.1 Å². The Bertz CT molecular complexity index is 1190. The van der Waals surface area contributed by atoms with Crippen LogP contribution >= 0.6 is 11.8 Å². The minimum atomic E-state index is -3.71. The number of carbonyl (C=O) groups excluding carboxylic acids is 1. The van der Waals surface area contributed by atoms with Crippen LogP contribution in [-0.4, -0.2) is 74.7 Å². The summed E-state index contributed by atoms with van der Waals surface area (Å²) in [5.41, 5.74) is 1.42. The fourth-order valence-electron chi connectivity index (χ4n) is 3.43. The molecule has 2 heterocycles.